The molecular weight excluding hydrogens is 352 g/mol. The fraction of sp³-hybridized carbons (Fsp3) is 0.368. The minimum atomic E-state index is -0.273. The standard InChI is InChI=1S/C19H22N2O4S/c1-4-24-15-7-5-6-14-10-16(25-18(14)15)13(3)20-17(22)8-9-21-12(2)11-26-19(21)23/h5-7,10-11,13H,4,8-9H2,1-3H3,(H,20,22). The molecule has 3 aromatic rings. The number of furan rings is 1. The highest BCUT2D eigenvalue weighted by molar-refractivity contribution is 7.07. The molecule has 1 atom stereocenters. The van der Waals surface area contributed by atoms with E-state index in [1.165, 1.54) is 0 Å². The molecule has 1 unspecified atom stereocenters. The zero-order chi connectivity index (χ0) is 18.7. The van der Waals surface area contributed by atoms with Gasteiger partial charge in [-0.2, -0.15) is 0 Å². The van der Waals surface area contributed by atoms with Gasteiger partial charge in [0.25, 0.3) is 0 Å². The Bertz CT molecular complexity index is 969. The first kappa shape index (κ1) is 18.3. The van der Waals surface area contributed by atoms with Gasteiger partial charge in [0.05, 0.1) is 12.6 Å². The Morgan fingerprint density at radius 2 is 2.23 bits per heavy atom. The van der Waals surface area contributed by atoms with Crippen molar-refractivity contribution in [2.75, 3.05) is 6.61 Å². The van der Waals surface area contributed by atoms with Gasteiger partial charge in [-0.1, -0.05) is 23.5 Å². The van der Waals surface area contributed by atoms with Crippen LogP contribution >= 0.6 is 11.3 Å². The van der Waals surface area contributed by atoms with Crippen LogP contribution in [0, 0.1) is 6.92 Å². The van der Waals surface area contributed by atoms with Crippen LogP contribution in [0.15, 0.2) is 38.9 Å². The molecule has 0 saturated heterocycles. The molecule has 0 fully saturated rings. The molecule has 0 spiro atoms. The van der Waals surface area contributed by atoms with Crippen molar-refractivity contribution in [2.45, 2.75) is 39.8 Å². The molecule has 0 aliphatic rings. The number of rotatable bonds is 7. The molecule has 1 N–H and O–H groups in total. The molecule has 138 valence electrons. The Balaban J connectivity index is 1.66. The van der Waals surface area contributed by atoms with E-state index in [0.717, 1.165) is 22.4 Å². The first-order valence-corrected chi connectivity index (χ1v) is 9.47. The Morgan fingerprint density at radius 1 is 1.42 bits per heavy atom. The molecule has 6 nitrogen and oxygen atoms in total. The number of carbonyl (C=O) groups is 1. The van der Waals surface area contributed by atoms with Crippen LogP contribution in [0.1, 0.15) is 37.8 Å². The lowest BCUT2D eigenvalue weighted by Crippen LogP contribution is -2.28. The van der Waals surface area contributed by atoms with Gasteiger partial charge in [-0.05, 0) is 32.9 Å². The summed E-state index contributed by atoms with van der Waals surface area (Å²) in [5.74, 6) is 1.24. The van der Waals surface area contributed by atoms with Gasteiger partial charge < -0.3 is 19.0 Å². The number of para-hydroxylation sites is 1. The molecule has 0 bridgehead atoms. The van der Waals surface area contributed by atoms with Gasteiger partial charge in [0, 0.05) is 29.4 Å². The fourth-order valence-electron chi connectivity index (χ4n) is 2.81. The van der Waals surface area contributed by atoms with Crippen LogP contribution in [0.3, 0.4) is 0 Å². The highest BCUT2D eigenvalue weighted by Crippen LogP contribution is 2.31. The van der Waals surface area contributed by atoms with Crippen molar-refractivity contribution in [1.29, 1.82) is 0 Å². The first-order valence-electron chi connectivity index (χ1n) is 8.59. The number of nitrogens with zero attached hydrogens (tertiary/aromatic N) is 1. The number of thiazole rings is 1. The van der Waals surface area contributed by atoms with Gasteiger partial charge in [-0.25, -0.2) is 0 Å². The van der Waals surface area contributed by atoms with Crippen molar-refractivity contribution in [3.63, 3.8) is 0 Å². The maximum atomic E-state index is 12.2. The van der Waals surface area contributed by atoms with E-state index in [1.807, 2.05) is 45.0 Å². The van der Waals surface area contributed by atoms with Crippen LogP contribution < -0.4 is 14.9 Å². The molecule has 1 amide bonds. The van der Waals surface area contributed by atoms with E-state index in [4.69, 9.17) is 9.15 Å². The predicted molar refractivity (Wildman–Crippen MR) is 102 cm³/mol. The molecule has 7 heteroatoms. The van der Waals surface area contributed by atoms with Crippen LogP contribution in [0.5, 0.6) is 5.75 Å². The van der Waals surface area contributed by atoms with E-state index < -0.39 is 0 Å². The summed E-state index contributed by atoms with van der Waals surface area (Å²) >= 11 is 1.15. The lowest BCUT2D eigenvalue weighted by atomic mass is 10.2. The molecular formula is C19H22N2O4S. The smallest absolute Gasteiger partial charge is 0.307 e. The second-order valence-electron chi connectivity index (χ2n) is 6.09. The van der Waals surface area contributed by atoms with Crippen molar-refractivity contribution < 1.29 is 13.9 Å². The quantitative estimate of drug-likeness (QED) is 0.685. The molecule has 2 heterocycles. The molecule has 0 radical (unpaired) electrons. The summed E-state index contributed by atoms with van der Waals surface area (Å²) < 4.78 is 13.1. The maximum Gasteiger partial charge on any atom is 0.307 e. The predicted octanol–water partition coefficient (Wildman–Crippen LogP) is 3.63. The third-order valence-corrected chi connectivity index (χ3v) is 5.05. The second-order valence-corrected chi connectivity index (χ2v) is 6.91. The molecule has 26 heavy (non-hydrogen) atoms. The minimum Gasteiger partial charge on any atom is -0.490 e. The third-order valence-electron chi connectivity index (χ3n) is 4.17. The van der Waals surface area contributed by atoms with Crippen molar-refractivity contribution >= 4 is 28.2 Å². The number of hydrogen-bond acceptors (Lipinski definition) is 5. The molecule has 1 aromatic carbocycles. The topological polar surface area (TPSA) is 73.5 Å². The molecule has 3 rings (SSSR count). The van der Waals surface area contributed by atoms with Gasteiger partial charge in [-0.3, -0.25) is 9.59 Å². The number of carbonyl (C=O) groups excluding carboxylic acids is 1. The van der Waals surface area contributed by atoms with Crippen molar-refractivity contribution in [2.24, 2.45) is 0 Å². The summed E-state index contributed by atoms with van der Waals surface area (Å²) in [6.07, 6.45) is 0.242. The van der Waals surface area contributed by atoms with E-state index in [2.05, 4.69) is 5.32 Å². The first-order chi connectivity index (χ1) is 12.5. The zero-order valence-corrected chi connectivity index (χ0v) is 15.9. The number of hydrogen-bond donors (Lipinski definition) is 1. The van der Waals surface area contributed by atoms with Crippen molar-refractivity contribution in [1.82, 2.24) is 9.88 Å². The van der Waals surface area contributed by atoms with Gasteiger partial charge in [0.2, 0.25) is 5.91 Å². The number of ether oxygens (including phenoxy) is 1. The van der Waals surface area contributed by atoms with E-state index >= 15 is 0 Å². The normalized spacial score (nSPS) is 12.3. The molecule has 0 aliphatic heterocycles. The van der Waals surface area contributed by atoms with E-state index in [-0.39, 0.29) is 23.2 Å². The van der Waals surface area contributed by atoms with E-state index in [0.29, 0.717) is 30.2 Å². The zero-order valence-electron chi connectivity index (χ0n) is 15.1. The SMILES string of the molecule is CCOc1cccc2cc(C(C)NC(=O)CCn3c(C)csc3=O)oc12. The Morgan fingerprint density at radius 3 is 2.92 bits per heavy atom. The average Bonchev–Trinajstić information content (AvgIpc) is 3.18. The lowest BCUT2D eigenvalue weighted by Gasteiger charge is -2.12. The largest absolute Gasteiger partial charge is 0.490 e. The number of aromatic nitrogens is 1. The van der Waals surface area contributed by atoms with Crippen molar-refractivity contribution in [3.8, 4) is 5.75 Å². The summed E-state index contributed by atoms with van der Waals surface area (Å²) in [5, 5.41) is 5.66. The van der Waals surface area contributed by atoms with Crippen LogP contribution in [-0.2, 0) is 11.3 Å². The minimum absolute atomic E-state index is 0.0379. The summed E-state index contributed by atoms with van der Waals surface area (Å²) in [4.78, 5) is 23.9. The molecule has 2 aromatic heterocycles. The summed E-state index contributed by atoms with van der Waals surface area (Å²) in [7, 11) is 0. The second kappa shape index (κ2) is 7.78. The Labute approximate surface area is 155 Å². The van der Waals surface area contributed by atoms with Crippen molar-refractivity contribution in [3.05, 3.63) is 50.8 Å². The summed E-state index contributed by atoms with van der Waals surface area (Å²) in [6, 6.07) is 7.37. The van der Waals surface area contributed by atoms with Crippen LogP contribution in [0.2, 0.25) is 0 Å². The van der Waals surface area contributed by atoms with Crippen LogP contribution in [0.4, 0.5) is 0 Å². The van der Waals surface area contributed by atoms with Gasteiger partial charge >= 0.3 is 4.87 Å². The highest BCUT2D eigenvalue weighted by atomic mass is 32.1. The number of nitrogens with one attached hydrogen (secondary N) is 1. The summed E-state index contributed by atoms with van der Waals surface area (Å²) in [5.41, 5.74) is 1.56. The van der Waals surface area contributed by atoms with E-state index in [9.17, 15) is 9.59 Å². The Kier molecular flexibility index (Phi) is 5.46. The van der Waals surface area contributed by atoms with Crippen LogP contribution in [0.25, 0.3) is 11.0 Å². The van der Waals surface area contributed by atoms with Gasteiger partial charge in [0.15, 0.2) is 11.3 Å². The molecule has 0 saturated carbocycles. The highest BCUT2D eigenvalue weighted by Gasteiger charge is 2.16. The number of amides is 1. The maximum absolute atomic E-state index is 12.2. The molecule has 0 aliphatic carbocycles. The lowest BCUT2D eigenvalue weighted by molar-refractivity contribution is -0.122. The number of benzene rings is 1. The van der Waals surface area contributed by atoms with E-state index in [1.54, 1.807) is 9.95 Å². The average molecular weight is 374 g/mol. The van der Waals surface area contributed by atoms with Gasteiger partial charge in [0.1, 0.15) is 5.76 Å². The monoisotopic (exact) mass is 374 g/mol. The van der Waals surface area contributed by atoms with Crippen LogP contribution in [-0.4, -0.2) is 17.1 Å². The number of aryl methyl sites for hydroxylation is 1. The number of fused-ring (bicyclic) bond motifs is 1. The third kappa shape index (κ3) is 3.83. The van der Waals surface area contributed by atoms with Gasteiger partial charge in [-0.15, -0.1) is 0 Å². The Hall–Kier alpha value is -2.54. The summed E-state index contributed by atoms with van der Waals surface area (Å²) in [6.45, 7) is 6.59. The fourth-order valence-corrected chi connectivity index (χ4v) is 3.57.